The van der Waals surface area contributed by atoms with Crippen LogP contribution in [0.4, 0.5) is 0 Å². The molecule has 3 N–H and O–H groups in total. The predicted molar refractivity (Wildman–Crippen MR) is 91.7 cm³/mol. The van der Waals surface area contributed by atoms with Crippen molar-refractivity contribution in [1.82, 2.24) is 15.1 Å². The van der Waals surface area contributed by atoms with Crippen LogP contribution in [0.15, 0.2) is 47.7 Å². The number of nitrogens with one attached hydrogen (secondary N) is 1. The van der Waals surface area contributed by atoms with E-state index in [1.54, 1.807) is 0 Å². The van der Waals surface area contributed by atoms with E-state index in [0.717, 1.165) is 12.1 Å². The van der Waals surface area contributed by atoms with Gasteiger partial charge in [-0.15, -0.1) is 0 Å². The summed E-state index contributed by atoms with van der Waals surface area (Å²) in [5, 5.41) is 7.83. The fraction of sp³-hybridized carbons (Fsp3) is 0.444. The van der Waals surface area contributed by atoms with E-state index in [1.807, 2.05) is 29.1 Å². The Balaban J connectivity index is 1.38. The summed E-state index contributed by atoms with van der Waals surface area (Å²) in [5.74, 6) is 1.07. The van der Waals surface area contributed by atoms with E-state index >= 15 is 0 Å². The highest BCUT2D eigenvalue weighted by Crippen LogP contribution is 2.43. The number of nitrogens with zero attached hydrogens (tertiary/aromatic N) is 3. The third kappa shape index (κ3) is 3.23. The summed E-state index contributed by atoms with van der Waals surface area (Å²) < 4.78 is 1.93. The predicted octanol–water partition coefficient (Wildman–Crippen LogP) is 2.58. The van der Waals surface area contributed by atoms with Crippen LogP contribution in [0.1, 0.15) is 43.6 Å². The summed E-state index contributed by atoms with van der Waals surface area (Å²) in [7, 11) is 0. The molecule has 2 aliphatic rings. The lowest BCUT2D eigenvalue weighted by atomic mass is 10.2. The minimum absolute atomic E-state index is 0.303. The number of aliphatic imine (C=N–C) groups is 1. The van der Waals surface area contributed by atoms with Gasteiger partial charge in [0.05, 0.1) is 17.9 Å². The van der Waals surface area contributed by atoms with Gasteiger partial charge in [0.25, 0.3) is 0 Å². The molecular formula is C18H23N5. The summed E-state index contributed by atoms with van der Waals surface area (Å²) in [4.78, 5) is 4.64. The van der Waals surface area contributed by atoms with E-state index in [4.69, 9.17) is 5.73 Å². The Bertz CT molecular complexity index is 684. The Morgan fingerprint density at radius 2 is 2.00 bits per heavy atom. The molecule has 2 atom stereocenters. The first kappa shape index (κ1) is 14.3. The lowest BCUT2D eigenvalue weighted by molar-refractivity contribution is 0.625. The second kappa shape index (κ2) is 6.07. The Morgan fingerprint density at radius 1 is 1.22 bits per heavy atom. The van der Waals surface area contributed by atoms with Crippen molar-refractivity contribution in [2.24, 2.45) is 10.7 Å². The number of rotatable bonds is 4. The number of benzene rings is 1. The van der Waals surface area contributed by atoms with Crippen LogP contribution < -0.4 is 11.1 Å². The molecule has 2 aromatic rings. The van der Waals surface area contributed by atoms with Crippen LogP contribution in [-0.2, 0) is 0 Å². The highest BCUT2D eigenvalue weighted by atomic mass is 15.3. The van der Waals surface area contributed by atoms with Gasteiger partial charge < -0.3 is 11.1 Å². The molecule has 2 aliphatic carbocycles. The second-order valence-electron chi connectivity index (χ2n) is 6.60. The zero-order valence-corrected chi connectivity index (χ0v) is 13.2. The minimum atomic E-state index is 0.303. The molecule has 0 aliphatic heterocycles. The normalized spacial score (nSPS) is 24.8. The van der Waals surface area contributed by atoms with Gasteiger partial charge in [-0.25, -0.2) is 9.67 Å². The first-order valence-corrected chi connectivity index (χ1v) is 8.49. The van der Waals surface area contributed by atoms with Crippen LogP contribution in [0.5, 0.6) is 0 Å². The molecule has 5 nitrogen and oxygen atoms in total. The maximum absolute atomic E-state index is 6.05. The molecule has 23 heavy (non-hydrogen) atoms. The van der Waals surface area contributed by atoms with Gasteiger partial charge in [-0.2, -0.15) is 5.10 Å². The van der Waals surface area contributed by atoms with Crippen molar-refractivity contribution in [3.05, 3.63) is 48.3 Å². The van der Waals surface area contributed by atoms with Gasteiger partial charge in [0, 0.05) is 18.2 Å². The van der Waals surface area contributed by atoms with Crippen LogP contribution in [-0.4, -0.2) is 27.8 Å². The van der Waals surface area contributed by atoms with Crippen LogP contribution in [0.3, 0.4) is 0 Å². The minimum Gasteiger partial charge on any atom is -0.370 e. The van der Waals surface area contributed by atoms with Crippen molar-refractivity contribution in [3.63, 3.8) is 0 Å². The van der Waals surface area contributed by atoms with Crippen LogP contribution in [0, 0.1) is 0 Å². The van der Waals surface area contributed by atoms with Gasteiger partial charge in [-0.3, -0.25) is 0 Å². The van der Waals surface area contributed by atoms with Crippen molar-refractivity contribution >= 4 is 5.96 Å². The molecule has 1 aromatic heterocycles. The number of hydrogen-bond donors (Lipinski definition) is 2. The molecule has 0 amide bonds. The lowest BCUT2D eigenvalue weighted by Gasteiger charge is -2.12. The highest BCUT2D eigenvalue weighted by Gasteiger charge is 2.39. The molecule has 5 heteroatoms. The van der Waals surface area contributed by atoms with E-state index in [2.05, 4.69) is 33.7 Å². The second-order valence-corrected chi connectivity index (χ2v) is 6.60. The fourth-order valence-corrected chi connectivity index (χ4v) is 3.43. The van der Waals surface area contributed by atoms with Crippen LogP contribution in [0.25, 0.3) is 5.69 Å². The van der Waals surface area contributed by atoms with Gasteiger partial charge in [0.1, 0.15) is 0 Å². The molecule has 0 saturated heterocycles. The standard InChI is InChI=1S/C18H23N5/c19-18(21-14-6-4-5-7-14)22-17-10-16(17)13-11-20-23(12-13)15-8-2-1-3-9-15/h1-3,8-9,11-12,14,16-17H,4-7,10H2,(H3,19,21,22)/t16-,17+/m0/s1. The van der Waals surface area contributed by atoms with Gasteiger partial charge in [-0.05, 0) is 37.0 Å². The van der Waals surface area contributed by atoms with Crippen LogP contribution >= 0.6 is 0 Å². The summed E-state index contributed by atoms with van der Waals surface area (Å²) in [6.07, 6.45) is 10.2. The van der Waals surface area contributed by atoms with E-state index < -0.39 is 0 Å². The maximum Gasteiger partial charge on any atom is 0.189 e. The highest BCUT2D eigenvalue weighted by molar-refractivity contribution is 5.78. The molecular weight excluding hydrogens is 286 g/mol. The molecule has 0 spiro atoms. The van der Waals surface area contributed by atoms with Crippen molar-refractivity contribution < 1.29 is 0 Å². The van der Waals surface area contributed by atoms with Gasteiger partial charge in [0.2, 0.25) is 0 Å². The molecule has 0 unspecified atom stereocenters. The van der Waals surface area contributed by atoms with E-state index in [1.165, 1.54) is 31.2 Å². The topological polar surface area (TPSA) is 68.2 Å². The summed E-state index contributed by atoms with van der Waals surface area (Å²) >= 11 is 0. The average Bonchev–Trinajstić information content (AvgIpc) is 2.98. The molecule has 2 saturated carbocycles. The van der Waals surface area contributed by atoms with Crippen molar-refractivity contribution in [2.75, 3.05) is 0 Å². The van der Waals surface area contributed by atoms with Gasteiger partial charge in [-0.1, -0.05) is 31.0 Å². The summed E-state index contributed by atoms with van der Waals surface area (Å²) in [5.41, 5.74) is 8.38. The third-order valence-corrected chi connectivity index (χ3v) is 4.82. The fourth-order valence-electron chi connectivity index (χ4n) is 3.43. The zero-order valence-electron chi connectivity index (χ0n) is 13.2. The number of guanidine groups is 1. The third-order valence-electron chi connectivity index (χ3n) is 4.82. The summed E-state index contributed by atoms with van der Waals surface area (Å²) in [6.45, 7) is 0. The molecule has 2 fully saturated rings. The first-order chi connectivity index (χ1) is 11.3. The molecule has 1 aromatic carbocycles. The molecule has 4 rings (SSSR count). The van der Waals surface area contributed by atoms with Gasteiger partial charge in [0.15, 0.2) is 5.96 Å². The Labute approximate surface area is 136 Å². The SMILES string of the molecule is NC(=N[C@@H]1C[C@H]1c1cnn(-c2ccccc2)c1)NC1CCCC1. The van der Waals surface area contributed by atoms with Crippen molar-refractivity contribution in [3.8, 4) is 5.69 Å². The first-order valence-electron chi connectivity index (χ1n) is 8.49. The number of hydrogen-bond acceptors (Lipinski definition) is 2. The largest absolute Gasteiger partial charge is 0.370 e. The molecule has 0 bridgehead atoms. The number of para-hydroxylation sites is 1. The smallest absolute Gasteiger partial charge is 0.189 e. The quantitative estimate of drug-likeness (QED) is 0.674. The molecule has 1 heterocycles. The average molecular weight is 309 g/mol. The Kier molecular flexibility index (Phi) is 3.77. The van der Waals surface area contributed by atoms with Crippen LogP contribution in [0.2, 0.25) is 0 Å². The van der Waals surface area contributed by atoms with Crippen molar-refractivity contribution in [1.29, 1.82) is 0 Å². The molecule has 120 valence electrons. The van der Waals surface area contributed by atoms with E-state index in [0.29, 0.717) is 24.0 Å². The van der Waals surface area contributed by atoms with Crippen molar-refractivity contribution in [2.45, 2.75) is 50.1 Å². The monoisotopic (exact) mass is 309 g/mol. The van der Waals surface area contributed by atoms with E-state index in [9.17, 15) is 0 Å². The maximum atomic E-state index is 6.05. The number of nitrogens with two attached hydrogens (primary N) is 1. The van der Waals surface area contributed by atoms with E-state index in [-0.39, 0.29) is 0 Å². The molecule has 0 radical (unpaired) electrons. The Hall–Kier alpha value is -2.30. The lowest BCUT2D eigenvalue weighted by Crippen LogP contribution is -2.38. The van der Waals surface area contributed by atoms with Gasteiger partial charge >= 0.3 is 0 Å². The zero-order chi connectivity index (χ0) is 15.6. The summed E-state index contributed by atoms with van der Waals surface area (Å²) in [6, 6.07) is 11.0. The number of aromatic nitrogens is 2. The Morgan fingerprint density at radius 3 is 2.78 bits per heavy atom.